The fraction of sp³-hybridized carbons (Fsp3) is 0.462. The quantitative estimate of drug-likeness (QED) is 0.882. The fourth-order valence-corrected chi connectivity index (χ4v) is 3.02. The molecule has 19 heavy (non-hydrogen) atoms. The predicted octanol–water partition coefficient (Wildman–Crippen LogP) is 1.37. The van der Waals surface area contributed by atoms with Gasteiger partial charge in [0.2, 0.25) is 5.91 Å². The SMILES string of the molecule is CC(=O)SC1CC(=O)N(CCNc2ccncc2)C1. The van der Waals surface area contributed by atoms with Crippen molar-refractivity contribution in [2.75, 3.05) is 25.0 Å². The molecule has 1 aliphatic rings. The van der Waals surface area contributed by atoms with Crippen molar-refractivity contribution >= 4 is 28.5 Å². The summed E-state index contributed by atoms with van der Waals surface area (Å²) in [5.74, 6) is 0.135. The second-order valence-electron chi connectivity index (χ2n) is 4.44. The number of rotatable bonds is 5. The standard InChI is InChI=1S/C13H17N3O2S/c1-10(17)19-12-8-13(18)16(9-12)7-6-15-11-2-4-14-5-3-11/h2-5,12H,6-9H2,1H3,(H,14,15). The summed E-state index contributed by atoms with van der Waals surface area (Å²) >= 11 is 1.27. The molecule has 1 aliphatic heterocycles. The molecule has 102 valence electrons. The lowest BCUT2D eigenvalue weighted by atomic mass is 10.4. The van der Waals surface area contributed by atoms with E-state index in [-0.39, 0.29) is 16.3 Å². The van der Waals surface area contributed by atoms with Gasteiger partial charge in [0.25, 0.3) is 0 Å². The summed E-state index contributed by atoms with van der Waals surface area (Å²) < 4.78 is 0. The molecule has 0 saturated carbocycles. The molecule has 0 radical (unpaired) electrons. The van der Waals surface area contributed by atoms with Crippen LogP contribution in [0.15, 0.2) is 24.5 Å². The molecule has 0 aromatic carbocycles. The molecule has 1 aromatic rings. The van der Waals surface area contributed by atoms with E-state index < -0.39 is 0 Å². The molecule has 1 unspecified atom stereocenters. The number of nitrogens with zero attached hydrogens (tertiary/aromatic N) is 2. The van der Waals surface area contributed by atoms with Crippen molar-refractivity contribution in [1.29, 1.82) is 0 Å². The minimum Gasteiger partial charge on any atom is -0.383 e. The van der Waals surface area contributed by atoms with E-state index >= 15 is 0 Å². The van der Waals surface area contributed by atoms with Crippen molar-refractivity contribution in [2.45, 2.75) is 18.6 Å². The lowest BCUT2D eigenvalue weighted by molar-refractivity contribution is -0.127. The van der Waals surface area contributed by atoms with Crippen molar-refractivity contribution in [3.8, 4) is 0 Å². The van der Waals surface area contributed by atoms with Crippen molar-refractivity contribution in [3.05, 3.63) is 24.5 Å². The highest BCUT2D eigenvalue weighted by molar-refractivity contribution is 8.14. The van der Waals surface area contributed by atoms with Crippen LogP contribution in [0.2, 0.25) is 0 Å². The average molecular weight is 279 g/mol. The smallest absolute Gasteiger partial charge is 0.223 e. The van der Waals surface area contributed by atoms with E-state index in [1.165, 1.54) is 11.8 Å². The van der Waals surface area contributed by atoms with Crippen molar-refractivity contribution in [1.82, 2.24) is 9.88 Å². The molecular formula is C13H17N3O2S. The number of thioether (sulfide) groups is 1. The van der Waals surface area contributed by atoms with Gasteiger partial charge < -0.3 is 10.2 Å². The zero-order valence-corrected chi connectivity index (χ0v) is 11.7. The number of pyridine rings is 1. The lowest BCUT2D eigenvalue weighted by Gasteiger charge is -2.17. The van der Waals surface area contributed by atoms with Gasteiger partial charge in [-0.25, -0.2) is 0 Å². The number of carbonyl (C=O) groups excluding carboxylic acids is 2. The molecule has 6 heteroatoms. The van der Waals surface area contributed by atoms with Gasteiger partial charge in [-0.15, -0.1) is 0 Å². The Balaban J connectivity index is 1.74. The zero-order valence-electron chi connectivity index (χ0n) is 10.8. The van der Waals surface area contributed by atoms with Crippen LogP contribution in [-0.2, 0) is 9.59 Å². The first-order valence-corrected chi connectivity index (χ1v) is 7.12. The largest absolute Gasteiger partial charge is 0.383 e. The van der Waals surface area contributed by atoms with E-state index in [2.05, 4.69) is 10.3 Å². The zero-order chi connectivity index (χ0) is 13.7. The topological polar surface area (TPSA) is 62.3 Å². The minimum absolute atomic E-state index is 0.0783. The molecule has 1 saturated heterocycles. The van der Waals surface area contributed by atoms with Gasteiger partial charge >= 0.3 is 0 Å². The Hall–Kier alpha value is -1.56. The molecule has 1 aromatic heterocycles. The molecule has 1 amide bonds. The number of anilines is 1. The molecule has 2 heterocycles. The van der Waals surface area contributed by atoms with Crippen molar-refractivity contribution in [2.24, 2.45) is 0 Å². The molecule has 1 fully saturated rings. The van der Waals surface area contributed by atoms with E-state index in [4.69, 9.17) is 0 Å². The van der Waals surface area contributed by atoms with E-state index in [9.17, 15) is 9.59 Å². The van der Waals surface area contributed by atoms with Crippen LogP contribution in [0.4, 0.5) is 5.69 Å². The molecule has 5 nitrogen and oxygen atoms in total. The second kappa shape index (κ2) is 6.56. The maximum atomic E-state index is 11.8. The Morgan fingerprint density at radius 1 is 1.53 bits per heavy atom. The van der Waals surface area contributed by atoms with Gasteiger partial charge in [-0.3, -0.25) is 14.6 Å². The molecular weight excluding hydrogens is 262 g/mol. The summed E-state index contributed by atoms with van der Waals surface area (Å²) in [6.07, 6.45) is 3.92. The average Bonchev–Trinajstić information content (AvgIpc) is 2.70. The van der Waals surface area contributed by atoms with Gasteiger partial charge in [-0.1, -0.05) is 11.8 Å². The third-order valence-corrected chi connectivity index (χ3v) is 3.88. The summed E-state index contributed by atoms with van der Waals surface area (Å²) in [6.45, 7) is 3.58. The summed E-state index contributed by atoms with van der Waals surface area (Å²) in [7, 11) is 0. The van der Waals surface area contributed by atoms with Crippen LogP contribution < -0.4 is 5.32 Å². The van der Waals surface area contributed by atoms with Crippen LogP contribution >= 0.6 is 11.8 Å². The minimum atomic E-state index is 0.0783. The first-order chi connectivity index (χ1) is 9.15. The van der Waals surface area contributed by atoms with Gasteiger partial charge in [0.15, 0.2) is 5.12 Å². The molecule has 0 spiro atoms. The molecule has 1 atom stereocenters. The number of amides is 1. The van der Waals surface area contributed by atoms with Crippen LogP contribution in [-0.4, -0.2) is 45.8 Å². The normalized spacial score (nSPS) is 18.7. The number of aromatic nitrogens is 1. The summed E-state index contributed by atoms with van der Waals surface area (Å²) in [5.41, 5.74) is 0.997. The number of hydrogen-bond acceptors (Lipinski definition) is 5. The maximum Gasteiger partial charge on any atom is 0.223 e. The van der Waals surface area contributed by atoms with Gasteiger partial charge in [-0.05, 0) is 12.1 Å². The van der Waals surface area contributed by atoms with Crippen LogP contribution in [0.3, 0.4) is 0 Å². The maximum absolute atomic E-state index is 11.8. The van der Waals surface area contributed by atoms with Gasteiger partial charge in [-0.2, -0.15) is 0 Å². The fourth-order valence-electron chi connectivity index (χ4n) is 2.07. The van der Waals surface area contributed by atoms with Crippen LogP contribution in [0.5, 0.6) is 0 Å². The number of hydrogen-bond donors (Lipinski definition) is 1. The van der Waals surface area contributed by atoms with Gasteiger partial charge in [0.1, 0.15) is 0 Å². The van der Waals surface area contributed by atoms with Crippen LogP contribution in [0.25, 0.3) is 0 Å². The summed E-state index contributed by atoms with van der Waals surface area (Å²) in [5, 5.41) is 3.43. The first-order valence-electron chi connectivity index (χ1n) is 6.24. The van der Waals surface area contributed by atoms with E-state index in [1.807, 2.05) is 17.0 Å². The van der Waals surface area contributed by atoms with E-state index in [1.54, 1.807) is 19.3 Å². The lowest BCUT2D eigenvalue weighted by Crippen LogP contribution is -2.30. The Morgan fingerprint density at radius 2 is 2.26 bits per heavy atom. The van der Waals surface area contributed by atoms with Crippen LogP contribution in [0.1, 0.15) is 13.3 Å². The van der Waals surface area contributed by atoms with Crippen LogP contribution in [0, 0.1) is 0 Å². The third kappa shape index (κ3) is 4.24. The Bertz CT molecular complexity index is 452. The number of likely N-dealkylation sites (tertiary alicyclic amines) is 1. The summed E-state index contributed by atoms with van der Waals surface area (Å²) in [6, 6.07) is 3.78. The van der Waals surface area contributed by atoms with E-state index in [0.29, 0.717) is 26.1 Å². The molecule has 0 aliphatic carbocycles. The Kier molecular flexibility index (Phi) is 4.79. The van der Waals surface area contributed by atoms with Gasteiger partial charge in [0.05, 0.1) is 0 Å². The number of nitrogens with one attached hydrogen (secondary N) is 1. The third-order valence-electron chi connectivity index (χ3n) is 2.90. The second-order valence-corrected chi connectivity index (χ2v) is 5.92. The van der Waals surface area contributed by atoms with Gasteiger partial charge in [0, 0.05) is 56.3 Å². The highest BCUT2D eigenvalue weighted by Gasteiger charge is 2.30. The first kappa shape index (κ1) is 13.9. The predicted molar refractivity (Wildman–Crippen MR) is 76.0 cm³/mol. The Labute approximate surface area is 116 Å². The summed E-state index contributed by atoms with van der Waals surface area (Å²) in [4.78, 5) is 28.6. The highest BCUT2D eigenvalue weighted by atomic mass is 32.2. The van der Waals surface area contributed by atoms with E-state index in [0.717, 1.165) is 5.69 Å². The van der Waals surface area contributed by atoms with Crippen molar-refractivity contribution < 1.29 is 9.59 Å². The number of carbonyl (C=O) groups is 2. The molecule has 2 rings (SSSR count). The molecule has 1 N–H and O–H groups in total. The highest BCUT2D eigenvalue weighted by Crippen LogP contribution is 2.23. The monoisotopic (exact) mass is 279 g/mol. The molecule has 0 bridgehead atoms. The van der Waals surface area contributed by atoms with Crippen molar-refractivity contribution in [3.63, 3.8) is 0 Å². The Morgan fingerprint density at radius 3 is 2.95 bits per heavy atom.